The highest BCUT2D eigenvalue weighted by Crippen LogP contribution is 2.34. The molecule has 3 aromatic rings. The smallest absolute Gasteiger partial charge is 0.140 e. The van der Waals surface area contributed by atoms with Crippen LogP contribution in [0.5, 0.6) is 0 Å². The molecule has 0 aliphatic heterocycles. The van der Waals surface area contributed by atoms with Gasteiger partial charge in [-0.15, -0.1) is 0 Å². The van der Waals surface area contributed by atoms with Crippen LogP contribution in [0.15, 0.2) is 73.1 Å². The van der Waals surface area contributed by atoms with Gasteiger partial charge in [0.2, 0.25) is 0 Å². The van der Waals surface area contributed by atoms with Gasteiger partial charge in [-0.05, 0) is 26.1 Å². The first-order chi connectivity index (χ1) is 11.7. The first-order valence-electron chi connectivity index (χ1n) is 8.47. The van der Waals surface area contributed by atoms with Crippen LogP contribution in [0, 0.1) is 0 Å². The lowest BCUT2D eigenvalue weighted by atomic mass is 9.85. The molecule has 1 aromatic heterocycles. The molecule has 0 saturated carbocycles. The van der Waals surface area contributed by atoms with Gasteiger partial charge in [0, 0.05) is 24.5 Å². The van der Waals surface area contributed by atoms with E-state index in [-0.39, 0.29) is 5.54 Å². The molecule has 124 valence electrons. The molecule has 0 spiro atoms. The molecule has 1 heterocycles. The van der Waals surface area contributed by atoms with Gasteiger partial charge < -0.3 is 9.47 Å². The van der Waals surface area contributed by atoms with Gasteiger partial charge in [0.1, 0.15) is 5.82 Å². The van der Waals surface area contributed by atoms with E-state index >= 15 is 0 Å². The summed E-state index contributed by atoms with van der Waals surface area (Å²) in [5, 5.41) is 0. The Labute approximate surface area is 144 Å². The Kier molecular flexibility index (Phi) is 4.81. The zero-order valence-corrected chi connectivity index (χ0v) is 14.7. The van der Waals surface area contributed by atoms with Crippen LogP contribution in [0.3, 0.4) is 0 Å². The number of imidazole rings is 1. The lowest BCUT2D eigenvalue weighted by Gasteiger charge is -2.38. The molecule has 2 aromatic carbocycles. The lowest BCUT2D eigenvalue weighted by molar-refractivity contribution is 0.237. The van der Waals surface area contributed by atoms with Gasteiger partial charge in [0.15, 0.2) is 0 Å². The summed E-state index contributed by atoms with van der Waals surface area (Å²) in [6.45, 7) is 3.18. The summed E-state index contributed by atoms with van der Waals surface area (Å²) < 4.78 is 2.34. The van der Waals surface area contributed by atoms with E-state index in [4.69, 9.17) is 0 Å². The predicted molar refractivity (Wildman–Crippen MR) is 100 cm³/mol. The first-order valence-corrected chi connectivity index (χ1v) is 8.47. The Morgan fingerprint density at radius 3 is 2.17 bits per heavy atom. The normalized spacial score (nSPS) is 13.8. The molecular weight excluding hydrogens is 294 g/mol. The highest BCUT2D eigenvalue weighted by Gasteiger charge is 2.34. The largest absolute Gasteiger partial charge is 0.319 e. The number of aromatic nitrogens is 2. The highest BCUT2D eigenvalue weighted by molar-refractivity contribution is 5.56. The molecular formula is C21H25N3. The number of rotatable bonds is 6. The standard InChI is InChI=1S/C21H25N3/c1-4-21(17-23(2)3,19-13-9-6-10-14-19)24-16-15-22-20(24)18-11-7-5-8-12-18/h5-16H,4,17H2,1-3H3. The van der Waals surface area contributed by atoms with Crippen molar-refractivity contribution in [2.75, 3.05) is 20.6 Å². The number of benzene rings is 2. The molecule has 0 saturated heterocycles. The van der Waals surface area contributed by atoms with Gasteiger partial charge in [-0.25, -0.2) is 4.98 Å². The Morgan fingerprint density at radius 1 is 0.958 bits per heavy atom. The maximum absolute atomic E-state index is 4.68. The topological polar surface area (TPSA) is 21.1 Å². The fourth-order valence-corrected chi connectivity index (χ4v) is 3.51. The van der Waals surface area contributed by atoms with E-state index in [2.05, 4.69) is 96.3 Å². The summed E-state index contributed by atoms with van der Waals surface area (Å²) in [5.41, 5.74) is 2.32. The van der Waals surface area contributed by atoms with Crippen LogP contribution in [-0.2, 0) is 5.54 Å². The van der Waals surface area contributed by atoms with Crippen molar-refractivity contribution in [1.29, 1.82) is 0 Å². The Bertz CT molecular complexity index is 762. The lowest BCUT2D eigenvalue weighted by Crippen LogP contribution is -2.43. The summed E-state index contributed by atoms with van der Waals surface area (Å²) in [4.78, 5) is 6.93. The molecule has 0 N–H and O–H groups in total. The Balaban J connectivity index is 2.19. The van der Waals surface area contributed by atoms with Gasteiger partial charge in [0.25, 0.3) is 0 Å². The third-order valence-electron chi connectivity index (χ3n) is 4.61. The van der Waals surface area contributed by atoms with E-state index in [1.165, 1.54) is 5.56 Å². The van der Waals surface area contributed by atoms with E-state index in [0.29, 0.717) is 0 Å². The number of hydrogen-bond acceptors (Lipinski definition) is 2. The van der Waals surface area contributed by atoms with Crippen LogP contribution in [-0.4, -0.2) is 35.1 Å². The maximum atomic E-state index is 4.68. The average Bonchev–Trinajstić information content (AvgIpc) is 3.11. The molecule has 1 unspecified atom stereocenters. The second-order valence-electron chi connectivity index (χ2n) is 6.48. The summed E-state index contributed by atoms with van der Waals surface area (Å²) in [6, 6.07) is 21.2. The molecule has 3 rings (SSSR count). The van der Waals surface area contributed by atoms with Gasteiger partial charge in [-0.2, -0.15) is 0 Å². The number of likely N-dealkylation sites (N-methyl/N-ethyl adjacent to an activating group) is 1. The van der Waals surface area contributed by atoms with Gasteiger partial charge in [0.05, 0.1) is 5.54 Å². The Morgan fingerprint density at radius 2 is 1.58 bits per heavy atom. The van der Waals surface area contributed by atoms with Gasteiger partial charge in [-0.3, -0.25) is 0 Å². The van der Waals surface area contributed by atoms with E-state index in [0.717, 1.165) is 24.4 Å². The zero-order chi connectivity index (χ0) is 17.0. The summed E-state index contributed by atoms with van der Waals surface area (Å²) in [7, 11) is 4.26. The van der Waals surface area contributed by atoms with Crippen LogP contribution in [0.1, 0.15) is 18.9 Å². The van der Waals surface area contributed by atoms with Crippen molar-refractivity contribution < 1.29 is 0 Å². The third-order valence-corrected chi connectivity index (χ3v) is 4.61. The summed E-state index contributed by atoms with van der Waals surface area (Å²) >= 11 is 0. The van der Waals surface area contributed by atoms with Crippen LogP contribution in [0.25, 0.3) is 11.4 Å². The zero-order valence-electron chi connectivity index (χ0n) is 14.7. The molecule has 1 atom stereocenters. The van der Waals surface area contributed by atoms with E-state index in [1.54, 1.807) is 0 Å². The fraction of sp³-hybridized carbons (Fsp3) is 0.286. The molecule has 24 heavy (non-hydrogen) atoms. The second-order valence-corrected chi connectivity index (χ2v) is 6.48. The van der Waals surface area contributed by atoms with Crippen molar-refractivity contribution in [3.05, 3.63) is 78.6 Å². The maximum Gasteiger partial charge on any atom is 0.140 e. The predicted octanol–water partition coefficient (Wildman–Crippen LogP) is 4.27. The molecule has 0 aliphatic carbocycles. The first kappa shape index (κ1) is 16.5. The minimum atomic E-state index is -0.146. The van der Waals surface area contributed by atoms with Crippen LogP contribution in [0.2, 0.25) is 0 Å². The van der Waals surface area contributed by atoms with Crippen molar-refractivity contribution >= 4 is 0 Å². The summed E-state index contributed by atoms with van der Waals surface area (Å²) in [5.74, 6) is 1.02. The summed E-state index contributed by atoms with van der Waals surface area (Å²) in [6.07, 6.45) is 5.01. The third kappa shape index (κ3) is 3.00. The molecule has 0 bridgehead atoms. The van der Waals surface area contributed by atoms with Gasteiger partial charge >= 0.3 is 0 Å². The minimum Gasteiger partial charge on any atom is -0.319 e. The average molecular weight is 319 g/mol. The van der Waals surface area contributed by atoms with E-state index in [9.17, 15) is 0 Å². The monoisotopic (exact) mass is 319 g/mol. The molecule has 0 fully saturated rings. The molecule has 0 radical (unpaired) electrons. The molecule has 0 aliphatic rings. The second kappa shape index (κ2) is 7.02. The van der Waals surface area contributed by atoms with E-state index in [1.807, 2.05) is 12.3 Å². The molecule has 0 amide bonds. The SMILES string of the molecule is CCC(CN(C)C)(c1ccccc1)n1ccnc1-c1ccccc1. The van der Waals surface area contributed by atoms with Crippen molar-refractivity contribution in [3.8, 4) is 11.4 Å². The van der Waals surface area contributed by atoms with Gasteiger partial charge in [-0.1, -0.05) is 67.6 Å². The van der Waals surface area contributed by atoms with Crippen LogP contribution >= 0.6 is 0 Å². The van der Waals surface area contributed by atoms with Crippen LogP contribution in [0.4, 0.5) is 0 Å². The highest BCUT2D eigenvalue weighted by atomic mass is 15.2. The number of nitrogens with zero attached hydrogens (tertiary/aromatic N) is 3. The fourth-order valence-electron chi connectivity index (χ4n) is 3.51. The molecule has 3 heteroatoms. The van der Waals surface area contributed by atoms with Crippen molar-refractivity contribution in [1.82, 2.24) is 14.5 Å². The van der Waals surface area contributed by atoms with Crippen molar-refractivity contribution in [2.24, 2.45) is 0 Å². The van der Waals surface area contributed by atoms with Crippen molar-refractivity contribution in [3.63, 3.8) is 0 Å². The Hall–Kier alpha value is -2.39. The number of hydrogen-bond donors (Lipinski definition) is 0. The van der Waals surface area contributed by atoms with E-state index < -0.39 is 0 Å². The minimum absolute atomic E-state index is 0.146. The molecule has 3 nitrogen and oxygen atoms in total. The quantitative estimate of drug-likeness (QED) is 0.677. The van der Waals surface area contributed by atoms with Crippen molar-refractivity contribution in [2.45, 2.75) is 18.9 Å². The van der Waals surface area contributed by atoms with Crippen LogP contribution < -0.4 is 0 Å².